The minimum atomic E-state index is -0.525. The lowest BCUT2D eigenvalue weighted by molar-refractivity contribution is -0.138. The first-order valence-corrected chi connectivity index (χ1v) is 6.31. The summed E-state index contributed by atoms with van der Waals surface area (Å²) < 4.78 is 5.55. The Balaban J connectivity index is 1.94. The van der Waals surface area contributed by atoms with Crippen LogP contribution in [-0.4, -0.2) is 48.1 Å². The van der Waals surface area contributed by atoms with Crippen molar-refractivity contribution in [1.82, 2.24) is 15.2 Å². The van der Waals surface area contributed by atoms with Crippen LogP contribution in [0.4, 0.5) is 0 Å². The molecule has 98 valence electrons. The molecule has 0 aliphatic carbocycles. The molecule has 1 aromatic heterocycles. The van der Waals surface area contributed by atoms with Gasteiger partial charge in [0.1, 0.15) is 5.75 Å². The fourth-order valence-corrected chi connectivity index (χ4v) is 2.02. The quantitative estimate of drug-likeness (QED) is 0.887. The van der Waals surface area contributed by atoms with Gasteiger partial charge < -0.3 is 15.0 Å². The number of amides is 1. The van der Waals surface area contributed by atoms with Crippen LogP contribution in [0.15, 0.2) is 18.5 Å². The molecule has 18 heavy (non-hydrogen) atoms. The maximum absolute atomic E-state index is 12.1. The van der Waals surface area contributed by atoms with Crippen LogP contribution in [0, 0.1) is 0 Å². The first-order valence-electron chi connectivity index (χ1n) is 5.93. The highest BCUT2D eigenvalue weighted by Crippen LogP contribution is 2.17. The Morgan fingerprint density at radius 2 is 2.22 bits per heavy atom. The monoisotopic (exact) mass is 269 g/mol. The maximum atomic E-state index is 12.1. The van der Waals surface area contributed by atoms with Gasteiger partial charge in [-0.05, 0) is 6.92 Å². The van der Waals surface area contributed by atoms with Gasteiger partial charge in [-0.15, -0.1) is 0 Å². The highest BCUT2D eigenvalue weighted by Gasteiger charge is 2.23. The number of carbonyl (C=O) groups excluding carboxylic acids is 1. The van der Waals surface area contributed by atoms with E-state index in [4.69, 9.17) is 16.3 Å². The normalized spacial score (nSPS) is 17.3. The molecule has 5 nitrogen and oxygen atoms in total. The van der Waals surface area contributed by atoms with Crippen LogP contribution < -0.4 is 10.1 Å². The second kappa shape index (κ2) is 6.02. The van der Waals surface area contributed by atoms with E-state index in [9.17, 15) is 4.79 Å². The summed E-state index contributed by atoms with van der Waals surface area (Å²) >= 11 is 5.81. The molecular formula is C12H16ClN3O2. The van der Waals surface area contributed by atoms with E-state index in [1.54, 1.807) is 24.1 Å². The van der Waals surface area contributed by atoms with Crippen molar-refractivity contribution in [3.63, 3.8) is 0 Å². The van der Waals surface area contributed by atoms with Crippen molar-refractivity contribution in [2.24, 2.45) is 0 Å². The Kier molecular flexibility index (Phi) is 4.38. The van der Waals surface area contributed by atoms with E-state index in [1.807, 2.05) is 0 Å². The number of pyridine rings is 1. The summed E-state index contributed by atoms with van der Waals surface area (Å²) in [7, 11) is 0. The van der Waals surface area contributed by atoms with Crippen LogP contribution in [0.2, 0.25) is 5.02 Å². The second-order valence-electron chi connectivity index (χ2n) is 4.17. The van der Waals surface area contributed by atoms with E-state index in [-0.39, 0.29) is 5.91 Å². The van der Waals surface area contributed by atoms with Gasteiger partial charge in [-0.25, -0.2) is 0 Å². The molecule has 6 heteroatoms. The van der Waals surface area contributed by atoms with Gasteiger partial charge in [-0.1, -0.05) is 11.6 Å². The van der Waals surface area contributed by atoms with Crippen LogP contribution in [-0.2, 0) is 4.79 Å². The summed E-state index contributed by atoms with van der Waals surface area (Å²) in [6.45, 7) is 4.85. The summed E-state index contributed by atoms with van der Waals surface area (Å²) in [5.74, 6) is 0.509. The van der Waals surface area contributed by atoms with Gasteiger partial charge in [0, 0.05) is 38.4 Å². The van der Waals surface area contributed by atoms with Gasteiger partial charge in [0.2, 0.25) is 0 Å². The molecule has 0 radical (unpaired) electrons. The van der Waals surface area contributed by atoms with E-state index in [2.05, 4.69) is 10.3 Å². The molecule has 1 unspecified atom stereocenters. The van der Waals surface area contributed by atoms with Crippen LogP contribution in [0.3, 0.4) is 0 Å². The molecule has 1 aliphatic heterocycles. The first kappa shape index (κ1) is 13.1. The van der Waals surface area contributed by atoms with Crippen molar-refractivity contribution in [2.75, 3.05) is 26.2 Å². The van der Waals surface area contributed by atoms with Gasteiger partial charge in [-0.2, -0.15) is 0 Å². The molecule has 0 saturated carbocycles. The number of nitrogens with one attached hydrogen (secondary N) is 1. The number of aromatic nitrogens is 1. The summed E-state index contributed by atoms with van der Waals surface area (Å²) in [4.78, 5) is 17.8. The van der Waals surface area contributed by atoms with Crippen LogP contribution in [0.5, 0.6) is 5.75 Å². The third-order valence-electron chi connectivity index (χ3n) is 2.77. The van der Waals surface area contributed by atoms with E-state index in [0.29, 0.717) is 10.8 Å². The van der Waals surface area contributed by atoms with E-state index >= 15 is 0 Å². The average molecular weight is 270 g/mol. The lowest BCUT2D eigenvalue weighted by Crippen LogP contribution is -2.50. The molecular weight excluding hydrogens is 254 g/mol. The molecule has 0 spiro atoms. The Morgan fingerprint density at radius 1 is 1.50 bits per heavy atom. The van der Waals surface area contributed by atoms with Gasteiger partial charge in [-0.3, -0.25) is 9.78 Å². The Labute approximate surface area is 111 Å². The highest BCUT2D eigenvalue weighted by atomic mass is 35.5. The molecule has 1 amide bonds. The number of nitrogens with zero attached hydrogens (tertiary/aromatic N) is 2. The SMILES string of the molecule is CC(Oc1cncc(Cl)c1)C(=O)N1CCNCC1. The standard InChI is InChI=1S/C12H16ClN3O2/c1-9(12(17)16-4-2-14-3-5-16)18-11-6-10(13)7-15-8-11/h6-9,14H,2-5H2,1H3. The van der Waals surface area contributed by atoms with E-state index in [0.717, 1.165) is 26.2 Å². The maximum Gasteiger partial charge on any atom is 0.263 e. The summed E-state index contributed by atoms with van der Waals surface area (Å²) in [5, 5.41) is 3.70. The molecule has 1 saturated heterocycles. The van der Waals surface area contributed by atoms with Crippen molar-refractivity contribution >= 4 is 17.5 Å². The molecule has 1 aliphatic rings. The lowest BCUT2D eigenvalue weighted by Gasteiger charge is -2.29. The Bertz CT molecular complexity index is 422. The predicted molar refractivity (Wildman–Crippen MR) is 68.8 cm³/mol. The lowest BCUT2D eigenvalue weighted by atomic mass is 10.3. The second-order valence-corrected chi connectivity index (χ2v) is 4.61. The zero-order chi connectivity index (χ0) is 13.0. The summed E-state index contributed by atoms with van der Waals surface area (Å²) in [6.07, 6.45) is 2.55. The number of hydrogen-bond donors (Lipinski definition) is 1. The molecule has 0 bridgehead atoms. The third kappa shape index (κ3) is 3.34. The molecule has 0 aromatic carbocycles. The number of carbonyl (C=O) groups is 1. The van der Waals surface area contributed by atoms with Crippen molar-refractivity contribution in [3.05, 3.63) is 23.5 Å². The zero-order valence-corrected chi connectivity index (χ0v) is 11.0. The number of piperazine rings is 1. The zero-order valence-electron chi connectivity index (χ0n) is 10.2. The fraction of sp³-hybridized carbons (Fsp3) is 0.500. The Hall–Kier alpha value is -1.33. The number of hydrogen-bond acceptors (Lipinski definition) is 4. The minimum absolute atomic E-state index is 0.00326. The molecule has 2 heterocycles. The molecule has 1 aromatic rings. The van der Waals surface area contributed by atoms with Gasteiger partial charge in [0.25, 0.3) is 5.91 Å². The van der Waals surface area contributed by atoms with Crippen molar-refractivity contribution in [3.8, 4) is 5.75 Å². The summed E-state index contributed by atoms with van der Waals surface area (Å²) in [6, 6.07) is 1.65. The van der Waals surface area contributed by atoms with Gasteiger partial charge in [0.15, 0.2) is 6.10 Å². The molecule has 2 rings (SSSR count). The van der Waals surface area contributed by atoms with Crippen LogP contribution in [0.1, 0.15) is 6.92 Å². The Morgan fingerprint density at radius 3 is 2.89 bits per heavy atom. The number of rotatable bonds is 3. The van der Waals surface area contributed by atoms with Crippen LogP contribution in [0.25, 0.3) is 0 Å². The smallest absolute Gasteiger partial charge is 0.263 e. The van der Waals surface area contributed by atoms with Crippen molar-refractivity contribution in [1.29, 1.82) is 0 Å². The predicted octanol–water partition coefficient (Wildman–Crippen LogP) is 0.934. The largest absolute Gasteiger partial charge is 0.479 e. The average Bonchev–Trinajstić information content (AvgIpc) is 2.39. The summed E-state index contributed by atoms with van der Waals surface area (Å²) in [5.41, 5.74) is 0. The van der Waals surface area contributed by atoms with Crippen LogP contribution >= 0.6 is 11.6 Å². The fourth-order valence-electron chi connectivity index (χ4n) is 1.85. The highest BCUT2D eigenvalue weighted by molar-refractivity contribution is 6.30. The first-order chi connectivity index (χ1) is 8.66. The molecule has 1 N–H and O–H groups in total. The van der Waals surface area contributed by atoms with Crippen molar-refractivity contribution in [2.45, 2.75) is 13.0 Å². The van der Waals surface area contributed by atoms with Gasteiger partial charge in [0.05, 0.1) is 11.2 Å². The third-order valence-corrected chi connectivity index (χ3v) is 2.98. The van der Waals surface area contributed by atoms with Gasteiger partial charge >= 0.3 is 0 Å². The van der Waals surface area contributed by atoms with Crippen molar-refractivity contribution < 1.29 is 9.53 Å². The van der Waals surface area contributed by atoms with E-state index in [1.165, 1.54) is 6.20 Å². The number of halogens is 1. The molecule has 1 atom stereocenters. The molecule has 1 fully saturated rings. The number of ether oxygens (including phenoxy) is 1. The van der Waals surface area contributed by atoms with E-state index < -0.39 is 6.10 Å². The topological polar surface area (TPSA) is 54.5 Å². The minimum Gasteiger partial charge on any atom is -0.479 e.